The fourth-order valence-electron chi connectivity index (χ4n) is 1.82. The molecule has 0 aromatic heterocycles. The van der Waals surface area contributed by atoms with Crippen LogP contribution in [0.4, 0.5) is 13.2 Å². The molecule has 3 nitrogen and oxygen atoms in total. The number of carbonyl (C=O) groups is 1. The predicted molar refractivity (Wildman–Crippen MR) is 71.0 cm³/mol. The van der Waals surface area contributed by atoms with Crippen LogP contribution in [-0.2, 0) is 11.2 Å². The summed E-state index contributed by atoms with van der Waals surface area (Å²) in [6, 6.07) is 5.41. The summed E-state index contributed by atoms with van der Waals surface area (Å²) >= 11 is 0. The van der Waals surface area contributed by atoms with Crippen LogP contribution in [0, 0.1) is 0 Å². The normalized spacial score (nSPS) is 14.7. The number of halogens is 3. The smallest absolute Gasteiger partial charge is 0.343 e. The van der Waals surface area contributed by atoms with Crippen LogP contribution in [-0.4, -0.2) is 24.2 Å². The Kier molecular flexibility index (Phi) is 6.01. The van der Waals surface area contributed by atoms with E-state index >= 15 is 0 Å². The summed E-state index contributed by atoms with van der Waals surface area (Å²) < 4.78 is 38.9. The Bertz CT molecular complexity index is 420. The van der Waals surface area contributed by atoms with Gasteiger partial charge in [-0.2, -0.15) is 13.2 Å². The van der Waals surface area contributed by atoms with E-state index in [0.717, 1.165) is 0 Å². The zero-order valence-electron chi connectivity index (χ0n) is 11.3. The van der Waals surface area contributed by atoms with Gasteiger partial charge in [0, 0.05) is 6.42 Å². The highest BCUT2D eigenvalue weighted by molar-refractivity contribution is 5.81. The van der Waals surface area contributed by atoms with Crippen molar-refractivity contribution in [1.82, 2.24) is 5.32 Å². The molecule has 0 bridgehead atoms. The maximum atomic E-state index is 13.0. The van der Waals surface area contributed by atoms with Crippen molar-refractivity contribution in [1.29, 1.82) is 0 Å². The largest absolute Gasteiger partial charge is 0.408 e. The molecular formula is C14H19F3N2O. The van der Waals surface area contributed by atoms with Gasteiger partial charge in [-0.15, -0.1) is 0 Å². The van der Waals surface area contributed by atoms with Crippen molar-refractivity contribution in [3.8, 4) is 0 Å². The number of hydrogen-bond donors (Lipinski definition) is 2. The number of rotatable bonds is 6. The van der Waals surface area contributed by atoms with E-state index in [4.69, 9.17) is 5.73 Å². The van der Waals surface area contributed by atoms with Crippen molar-refractivity contribution in [2.75, 3.05) is 0 Å². The van der Waals surface area contributed by atoms with Gasteiger partial charge in [0.15, 0.2) is 0 Å². The first-order chi connectivity index (χ1) is 9.34. The van der Waals surface area contributed by atoms with Crippen LogP contribution in [0.5, 0.6) is 0 Å². The predicted octanol–water partition coefficient (Wildman–Crippen LogP) is 2.40. The first-order valence-corrected chi connectivity index (χ1v) is 6.51. The number of nitrogens with one attached hydrogen (secondary N) is 1. The Hall–Kier alpha value is -1.56. The summed E-state index contributed by atoms with van der Waals surface area (Å²) in [6.07, 6.45) is -3.79. The van der Waals surface area contributed by atoms with E-state index in [1.807, 2.05) is 12.2 Å². The van der Waals surface area contributed by atoms with Crippen molar-refractivity contribution in [2.24, 2.45) is 5.73 Å². The minimum atomic E-state index is -4.50. The van der Waals surface area contributed by atoms with E-state index in [2.05, 4.69) is 0 Å². The van der Waals surface area contributed by atoms with Gasteiger partial charge in [0.1, 0.15) is 6.04 Å². The fraction of sp³-hybridized carbons (Fsp3) is 0.500. The lowest BCUT2D eigenvalue weighted by atomic mass is 10.0. The quantitative estimate of drug-likeness (QED) is 0.844. The molecule has 1 amide bonds. The summed E-state index contributed by atoms with van der Waals surface area (Å²) in [6.45, 7) is 1.82. The number of hydrogen-bond acceptors (Lipinski definition) is 2. The van der Waals surface area contributed by atoms with Crippen molar-refractivity contribution in [3.05, 3.63) is 35.9 Å². The van der Waals surface area contributed by atoms with Gasteiger partial charge in [-0.1, -0.05) is 43.7 Å². The molecule has 2 unspecified atom stereocenters. The SMILES string of the molecule is CCCC(N)C(=O)NC(Cc1ccccc1)C(F)(F)F. The van der Waals surface area contributed by atoms with E-state index in [1.165, 1.54) is 0 Å². The molecule has 1 rings (SSSR count). The zero-order valence-corrected chi connectivity index (χ0v) is 11.3. The second-order valence-electron chi connectivity index (χ2n) is 4.69. The fourth-order valence-corrected chi connectivity index (χ4v) is 1.82. The van der Waals surface area contributed by atoms with Crippen molar-refractivity contribution < 1.29 is 18.0 Å². The average molecular weight is 288 g/mol. The average Bonchev–Trinajstić information content (AvgIpc) is 2.38. The molecule has 3 N–H and O–H groups in total. The van der Waals surface area contributed by atoms with E-state index in [-0.39, 0.29) is 6.42 Å². The van der Waals surface area contributed by atoms with Gasteiger partial charge >= 0.3 is 6.18 Å². The first kappa shape index (κ1) is 16.5. The monoisotopic (exact) mass is 288 g/mol. The molecule has 0 aliphatic heterocycles. The molecule has 0 aliphatic carbocycles. The third kappa shape index (κ3) is 5.21. The van der Waals surface area contributed by atoms with Crippen LogP contribution in [0.15, 0.2) is 30.3 Å². The maximum absolute atomic E-state index is 13.0. The van der Waals surface area contributed by atoms with Gasteiger partial charge in [0.25, 0.3) is 0 Å². The Morgan fingerprint density at radius 2 is 1.90 bits per heavy atom. The highest BCUT2D eigenvalue weighted by atomic mass is 19.4. The molecule has 112 valence electrons. The molecule has 0 saturated heterocycles. The highest BCUT2D eigenvalue weighted by Gasteiger charge is 2.41. The van der Waals surface area contributed by atoms with Crippen LogP contribution in [0.25, 0.3) is 0 Å². The molecule has 0 heterocycles. The minimum absolute atomic E-state index is 0.297. The summed E-state index contributed by atoms with van der Waals surface area (Å²) in [5, 5.41) is 2.00. The number of carbonyl (C=O) groups excluding carboxylic acids is 1. The number of benzene rings is 1. The molecule has 0 spiro atoms. The van der Waals surface area contributed by atoms with Crippen molar-refractivity contribution in [3.63, 3.8) is 0 Å². The second-order valence-corrected chi connectivity index (χ2v) is 4.69. The number of nitrogens with two attached hydrogens (primary N) is 1. The van der Waals surface area contributed by atoms with Crippen LogP contribution < -0.4 is 11.1 Å². The van der Waals surface area contributed by atoms with Crippen LogP contribution in [0.3, 0.4) is 0 Å². The summed E-state index contributed by atoms with van der Waals surface area (Å²) in [5.74, 6) is -0.759. The molecule has 6 heteroatoms. The standard InChI is InChI=1S/C14H19F3N2O/c1-2-6-11(18)13(20)19-12(14(15,16)17)9-10-7-4-3-5-8-10/h3-5,7-8,11-12H,2,6,9,18H2,1H3,(H,19,20). The summed E-state index contributed by atoms with van der Waals surface area (Å²) in [5.41, 5.74) is 6.05. The van der Waals surface area contributed by atoms with Crippen LogP contribution in [0.1, 0.15) is 25.3 Å². The van der Waals surface area contributed by atoms with E-state index in [1.54, 1.807) is 30.3 Å². The third-order valence-electron chi connectivity index (χ3n) is 2.93. The Labute approximate surface area is 116 Å². The molecule has 0 aliphatic rings. The van der Waals surface area contributed by atoms with Crippen LogP contribution >= 0.6 is 0 Å². The second kappa shape index (κ2) is 7.28. The Morgan fingerprint density at radius 1 is 1.30 bits per heavy atom. The van der Waals surface area contributed by atoms with Gasteiger partial charge in [0.05, 0.1) is 6.04 Å². The molecule has 2 atom stereocenters. The zero-order chi connectivity index (χ0) is 15.2. The van der Waals surface area contributed by atoms with Gasteiger partial charge in [0.2, 0.25) is 5.91 Å². The number of amides is 1. The lowest BCUT2D eigenvalue weighted by Crippen LogP contribution is -2.52. The number of alkyl halides is 3. The molecule has 0 radical (unpaired) electrons. The van der Waals surface area contributed by atoms with Crippen molar-refractivity contribution in [2.45, 2.75) is 44.4 Å². The van der Waals surface area contributed by atoms with E-state index in [9.17, 15) is 18.0 Å². The van der Waals surface area contributed by atoms with E-state index < -0.39 is 24.2 Å². The highest BCUT2D eigenvalue weighted by Crippen LogP contribution is 2.23. The molecule has 1 aromatic carbocycles. The summed E-state index contributed by atoms with van der Waals surface area (Å²) in [7, 11) is 0. The van der Waals surface area contributed by atoms with Crippen LogP contribution in [0.2, 0.25) is 0 Å². The topological polar surface area (TPSA) is 55.1 Å². The van der Waals surface area contributed by atoms with Gasteiger partial charge in [-0.05, 0) is 12.0 Å². The Balaban J connectivity index is 2.73. The maximum Gasteiger partial charge on any atom is 0.408 e. The Morgan fingerprint density at radius 3 is 2.40 bits per heavy atom. The molecule has 20 heavy (non-hydrogen) atoms. The van der Waals surface area contributed by atoms with Gasteiger partial charge in [-0.3, -0.25) is 4.79 Å². The molecular weight excluding hydrogens is 269 g/mol. The van der Waals surface area contributed by atoms with E-state index in [0.29, 0.717) is 18.4 Å². The van der Waals surface area contributed by atoms with Gasteiger partial charge in [-0.25, -0.2) is 0 Å². The van der Waals surface area contributed by atoms with Crippen molar-refractivity contribution >= 4 is 5.91 Å². The summed E-state index contributed by atoms with van der Waals surface area (Å²) in [4.78, 5) is 11.6. The molecule has 0 fully saturated rings. The molecule has 1 aromatic rings. The minimum Gasteiger partial charge on any atom is -0.343 e. The third-order valence-corrected chi connectivity index (χ3v) is 2.93. The molecule has 0 saturated carbocycles. The first-order valence-electron chi connectivity index (χ1n) is 6.51. The lowest BCUT2D eigenvalue weighted by Gasteiger charge is -2.23. The lowest BCUT2D eigenvalue weighted by molar-refractivity contribution is -0.161. The van der Waals surface area contributed by atoms with Gasteiger partial charge < -0.3 is 11.1 Å².